The Morgan fingerprint density at radius 3 is 2.48 bits per heavy atom. The van der Waals surface area contributed by atoms with Crippen molar-refractivity contribution >= 4 is 11.6 Å². The van der Waals surface area contributed by atoms with Crippen LogP contribution in [0.1, 0.15) is 16.7 Å². The van der Waals surface area contributed by atoms with Gasteiger partial charge in [-0.25, -0.2) is 0 Å². The van der Waals surface area contributed by atoms with E-state index in [0.717, 1.165) is 11.6 Å². The lowest BCUT2D eigenvalue weighted by Gasteiger charge is -2.13. The first-order chi connectivity index (χ1) is 10.9. The third kappa shape index (κ3) is 5.10. The number of hydrogen-bond acceptors (Lipinski definition) is 2. The molecule has 0 unspecified atom stereocenters. The van der Waals surface area contributed by atoms with Crippen molar-refractivity contribution in [2.24, 2.45) is 0 Å². The fraction of sp³-hybridized carbons (Fsp3) is 0.235. The molecule has 0 aromatic heterocycles. The number of rotatable bonds is 5. The fourth-order valence-corrected chi connectivity index (χ4v) is 2.04. The Kier molecular flexibility index (Phi) is 5.39. The zero-order chi connectivity index (χ0) is 16.9. The van der Waals surface area contributed by atoms with Crippen molar-refractivity contribution in [1.29, 1.82) is 0 Å². The first-order valence-corrected chi connectivity index (χ1v) is 6.95. The molecule has 0 atom stereocenters. The summed E-state index contributed by atoms with van der Waals surface area (Å²) in [7, 11) is 0. The van der Waals surface area contributed by atoms with Gasteiger partial charge in [0.25, 0.3) is 0 Å². The van der Waals surface area contributed by atoms with E-state index in [-0.39, 0.29) is 24.5 Å². The maximum atomic E-state index is 12.8. The summed E-state index contributed by atoms with van der Waals surface area (Å²) in [5, 5.41) is 2.40. The quantitative estimate of drug-likeness (QED) is 0.897. The highest BCUT2D eigenvalue weighted by molar-refractivity contribution is 5.91. The molecule has 0 aliphatic heterocycles. The number of halogens is 3. The van der Waals surface area contributed by atoms with Crippen molar-refractivity contribution in [2.75, 3.05) is 11.9 Å². The first kappa shape index (κ1) is 17.0. The number of anilines is 1. The molecule has 1 N–H and O–H groups in total. The lowest BCUT2D eigenvalue weighted by Crippen LogP contribution is -2.19. The Morgan fingerprint density at radius 2 is 1.83 bits per heavy atom. The third-order valence-electron chi connectivity index (χ3n) is 3.17. The Balaban J connectivity index is 1.90. The minimum Gasteiger partial charge on any atom is -0.367 e. The van der Waals surface area contributed by atoms with Gasteiger partial charge in [0.15, 0.2) is 0 Å². The summed E-state index contributed by atoms with van der Waals surface area (Å²) >= 11 is 0. The summed E-state index contributed by atoms with van der Waals surface area (Å²) in [6.07, 6.45) is -4.45. The minimum absolute atomic E-state index is 0.0937. The highest BCUT2D eigenvalue weighted by Gasteiger charge is 2.32. The molecule has 3 nitrogen and oxygen atoms in total. The molecule has 0 saturated carbocycles. The number of alkyl halides is 3. The summed E-state index contributed by atoms with van der Waals surface area (Å²) < 4.78 is 43.7. The molecule has 0 spiro atoms. The van der Waals surface area contributed by atoms with Crippen LogP contribution in [0.25, 0.3) is 0 Å². The number of benzene rings is 2. The third-order valence-corrected chi connectivity index (χ3v) is 3.17. The largest absolute Gasteiger partial charge is 0.416 e. The van der Waals surface area contributed by atoms with Gasteiger partial charge in [-0.2, -0.15) is 13.2 Å². The van der Waals surface area contributed by atoms with E-state index in [1.807, 2.05) is 30.3 Å². The van der Waals surface area contributed by atoms with Gasteiger partial charge in [0.05, 0.1) is 12.2 Å². The molecular weight excluding hydrogens is 307 g/mol. The van der Waals surface area contributed by atoms with Crippen LogP contribution in [0, 0.1) is 6.92 Å². The molecule has 0 aliphatic rings. The summed E-state index contributed by atoms with van der Waals surface area (Å²) in [6.45, 7) is 1.40. The lowest BCUT2D eigenvalue weighted by atomic mass is 10.1. The monoisotopic (exact) mass is 323 g/mol. The average Bonchev–Trinajstić information content (AvgIpc) is 2.49. The van der Waals surface area contributed by atoms with E-state index < -0.39 is 17.6 Å². The lowest BCUT2D eigenvalue weighted by molar-refractivity contribution is -0.138. The predicted octanol–water partition coefficient (Wildman–Crippen LogP) is 4.17. The molecule has 0 saturated heterocycles. The van der Waals surface area contributed by atoms with Crippen molar-refractivity contribution in [2.45, 2.75) is 19.7 Å². The number of nitrogens with one attached hydrogen (secondary N) is 1. The smallest absolute Gasteiger partial charge is 0.367 e. The van der Waals surface area contributed by atoms with Crippen molar-refractivity contribution in [3.05, 3.63) is 65.2 Å². The molecule has 0 bridgehead atoms. The van der Waals surface area contributed by atoms with Crippen molar-refractivity contribution in [3.63, 3.8) is 0 Å². The van der Waals surface area contributed by atoms with Crippen LogP contribution in [-0.4, -0.2) is 12.5 Å². The van der Waals surface area contributed by atoms with E-state index in [4.69, 9.17) is 4.74 Å². The topological polar surface area (TPSA) is 38.3 Å². The molecule has 0 radical (unpaired) electrons. The molecule has 0 heterocycles. The van der Waals surface area contributed by atoms with Gasteiger partial charge in [-0.1, -0.05) is 36.4 Å². The van der Waals surface area contributed by atoms with Crippen molar-refractivity contribution < 1.29 is 22.7 Å². The van der Waals surface area contributed by atoms with Gasteiger partial charge in [-0.15, -0.1) is 0 Å². The zero-order valence-electron chi connectivity index (χ0n) is 12.5. The fourth-order valence-electron chi connectivity index (χ4n) is 2.04. The molecule has 2 aromatic carbocycles. The SMILES string of the molecule is Cc1ccc(NC(=O)COCc2ccccc2)cc1C(F)(F)F. The van der Waals surface area contributed by atoms with E-state index in [9.17, 15) is 18.0 Å². The van der Waals surface area contributed by atoms with Crippen molar-refractivity contribution in [3.8, 4) is 0 Å². The second-order valence-corrected chi connectivity index (χ2v) is 5.05. The molecule has 0 fully saturated rings. The van der Waals surface area contributed by atoms with Gasteiger partial charge < -0.3 is 10.1 Å². The van der Waals surface area contributed by atoms with Crippen LogP contribution in [0.5, 0.6) is 0 Å². The molecule has 23 heavy (non-hydrogen) atoms. The Morgan fingerprint density at radius 1 is 1.13 bits per heavy atom. The minimum atomic E-state index is -4.45. The zero-order valence-corrected chi connectivity index (χ0v) is 12.5. The number of carbonyl (C=O) groups is 1. The van der Waals surface area contributed by atoms with Gasteiger partial charge >= 0.3 is 6.18 Å². The first-order valence-electron chi connectivity index (χ1n) is 6.95. The van der Waals surface area contributed by atoms with E-state index in [2.05, 4.69) is 5.32 Å². The summed E-state index contributed by atoms with van der Waals surface area (Å²) in [4.78, 5) is 11.7. The van der Waals surface area contributed by atoms with Gasteiger partial charge in [0, 0.05) is 5.69 Å². The molecule has 122 valence electrons. The molecule has 6 heteroatoms. The van der Waals surface area contributed by atoms with E-state index >= 15 is 0 Å². The summed E-state index contributed by atoms with van der Waals surface area (Å²) in [6, 6.07) is 13.0. The molecular formula is C17H16F3NO2. The Hall–Kier alpha value is -2.34. The van der Waals surface area contributed by atoms with Gasteiger partial charge in [0.2, 0.25) is 5.91 Å². The van der Waals surface area contributed by atoms with Crippen LogP contribution in [0.2, 0.25) is 0 Å². The standard InChI is InChI=1S/C17H16F3NO2/c1-12-7-8-14(9-15(12)17(18,19)20)21-16(22)11-23-10-13-5-3-2-4-6-13/h2-9H,10-11H2,1H3,(H,21,22). The predicted molar refractivity (Wildman–Crippen MR) is 80.9 cm³/mol. The van der Waals surface area contributed by atoms with Crippen LogP contribution in [0.3, 0.4) is 0 Å². The highest BCUT2D eigenvalue weighted by Crippen LogP contribution is 2.33. The second-order valence-electron chi connectivity index (χ2n) is 5.05. The summed E-state index contributed by atoms with van der Waals surface area (Å²) in [5.41, 5.74) is 0.350. The normalized spacial score (nSPS) is 11.3. The van der Waals surface area contributed by atoms with E-state index in [0.29, 0.717) is 0 Å². The number of ether oxygens (including phenoxy) is 1. The van der Waals surface area contributed by atoms with Crippen molar-refractivity contribution in [1.82, 2.24) is 0 Å². The molecule has 2 aromatic rings. The maximum absolute atomic E-state index is 12.8. The summed E-state index contributed by atoms with van der Waals surface area (Å²) in [5.74, 6) is -0.502. The van der Waals surface area contributed by atoms with Crippen LogP contribution in [0.15, 0.2) is 48.5 Å². The Labute approximate surface area is 132 Å². The maximum Gasteiger partial charge on any atom is 0.416 e. The van der Waals surface area contributed by atoms with Crippen LogP contribution in [0.4, 0.5) is 18.9 Å². The van der Waals surface area contributed by atoms with Gasteiger partial charge in [-0.05, 0) is 30.2 Å². The number of amides is 1. The average molecular weight is 323 g/mol. The number of aryl methyl sites for hydroxylation is 1. The Bertz CT molecular complexity index is 669. The van der Waals surface area contributed by atoms with Crippen LogP contribution < -0.4 is 5.32 Å². The van der Waals surface area contributed by atoms with Crippen LogP contribution in [-0.2, 0) is 22.3 Å². The molecule has 1 amide bonds. The molecule has 0 aliphatic carbocycles. The van der Waals surface area contributed by atoms with E-state index in [1.54, 1.807) is 0 Å². The second kappa shape index (κ2) is 7.28. The van der Waals surface area contributed by atoms with Gasteiger partial charge in [-0.3, -0.25) is 4.79 Å². The van der Waals surface area contributed by atoms with Crippen LogP contribution >= 0.6 is 0 Å². The highest BCUT2D eigenvalue weighted by atomic mass is 19.4. The van der Waals surface area contributed by atoms with Gasteiger partial charge in [0.1, 0.15) is 6.61 Å². The molecule has 2 rings (SSSR count). The van der Waals surface area contributed by atoms with E-state index in [1.165, 1.54) is 19.1 Å². The number of carbonyl (C=O) groups excluding carboxylic acids is 1. The number of hydrogen-bond donors (Lipinski definition) is 1.